The Morgan fingerprint density at radius 1 is 0.898 bits per heavy atom. The molecule has 15 heteroatoms. The molecule has 3 saturated carbocycles. The number of nitrogens with one attached hydrogen (secondary N) is 4. The number of Topliss-reactive ketones (excluding diaryl/α,β-unsaturated/α-hetero) is 1. The molecular weight excluding hydrogens is 761 g/mol. The van der Waals surface area contributed by atoms with E-state index in [4.69, 9.17) is 18.9 Å². The highest BCUT2D eigenvalue weighted by atomic mass is 16.7. The third-order valence-corrected chi connectivity index (χ3v) is 13.9. The summed E-state index contributed by atoms with van der Waals surface area (Å²) in [7, 11) is 0. The zero-order chi connectivity index (χ0) is 42.4. The molecule has 0 aromatic rings. The molecule has 1 aliphatic heterocycles. The van der Waals surface area contributed by atoms with Crippen LogP contribution in [0, 0.1) is 34.5 Å². The molecule has 4 amide bonds. The van der Waals surface area contributed by atoms with E-state index in [1.165, 1.54) is 6.42 Å². The number of ketones is 2. The SMILES string of the molecule is CCCC1O[C@@H]2C[C@H]3[C@@H]4CCC5=CC(=O)C=C[C@]5(C)[C@H]4[C@@H](O)C[C@]3(C)[C@]2(C(=O)COCNC(=O)CNC(=O)CNC(=O)CNC(=O)COC2/C=C\C(C)CCCCC2)O1. The normalized spacial score (nSPS) is 36.6. The van der Waals surface area contributed by atoms with Crippen molar-refractivity contribution in [2.75, 3.05) is 39.6 Å². The van der Waals surface area contributed by atoms with Gasteiger partial charge < -0.3 is 45.3 Å². The van der Waals surface area contributed by atoms with E-state index in [0.717, 1.165) is 50.5 Å². The molecule has 0 aromatic carbocycles. The molecule has 0 spiro atoms. The maximum Gasteiger partial charge on any atom is 0.246 e. The number of hydrogen-bond donors (Lipinski definition) is 5. The topological polar surface area (TPSA) is 208 Å². The van der Waals surface area contributed by atoms with Gasteiger partial charge >= 0.3 is 0 Å². The number of hydrogen-bond acceptors (Lipinski definition) is 11. The van der Waals surface area contributed by atoms with E-state index in [2.05, 4.69) is 41.2 Å². The van der Waals surface area contributed by atoms with E-state index in [9.17, 15) is 33.9 Å². The number of aliphatic hydroxyl groups is 1. The van der Waals surface area contributed by atoms with Gasteiger partial charge in [0.15, 0.2) is 23.5 Å². The molecule has 326 valence electrons. The van der Waals surface area contributed by atoms with E-state index in [0.29, 0.717) is 25.2 Å². The molecule has 5 aliphatic carbocycles. The number of aliphatic hydroxyl groups excluding tert-OH is 1. The van der Waals surface area contributed by atoms with Crippen LogP contribution in [0.15, 0.2) is 36.0 Å². The van der Waals surface area contributed by atoms with Crippen molar-refractivity contribution in [1.29, 1.82) is 0 Å². The number of carbonyl (C=O) groups excluding carboxylic acids is 6. The molecule has 0 aromatic heterocycles. The standard InChI is InChI=1S/C44H64N4O11/c1-5-9-40-58-35-19-32-31-15-13-28-18-29(49)16-17-42(28,3)41(31)33(50)20-43(32,4)44(35,59-40)34(51)24-56-26-48-38(54)23-46-36(52)21-45-37(53)22-47-39(55)25-57-30-11-8-6-7-10-27(2)12-14-30/h12,14,16-18,27,30-33,35,40-41,50H,5-11,13,15,19-26H2,1-4H3,(H,45,53)(H,46,52)(H,47,55)(H,48,54)/b14-12-/t27?,30?,31-,32-,33-,35+,40?,41+,42-,43-,44+/m0/s1. The van der Waals surface area contributed by atoms with Crippen LogP contribution in [0.25, 0.3) is 0 Å². The van der Waals surface area contributed by atoms with Crippen LogP contribution in [0.4, 0.5) is 0 Å². The summed E-state index contributed by atoms with van der Waals surface area (Å²) in [6.07, 6.45) is 16.6. The Balaban J connectivity index is 0.925. The Morgan fingerprint density at radius 2 is 1.59 bits per heavy atom. The second-order valence-electron chi connectivity index (χ2n) is 17.8. The molecule has 0 bridgehead atoms. The van der Waals surface area contributed by atoms with E-state index in [1.54, 1.807) is 12.2 Å². The summed E-state index contributed by atoms with van der Waals surface area (Å²) in [6.45, 7) is 6.36. The summed E-state index contributed by atoms with van der Waals surface area (Å²) in [4.78, 5) is 75.9. The monoisotopic (exact) mass is 824 g/mol. The molecule has 6 rings (SSSR count). The van der Waals surface area contributed by atoms with E-state index < -0.39 is 71.6 Å². The molecule has 5 N–H and O–H groups in total. The van der Waals surface area contributed by atoms with E-state index >= 15 is 0 Å². The van der Waals surface area contributed by atoms with Crippen LogP contribution in [0.2, 0.25) is 0 Å². The molecule has 1 heterocycles. The lowest BCUT2D eigenvalue weighted by atomic mass is 9.46. The van der Waals surface area contributed by atoms with Gasteiger partial charge in [0.1, 0.15) is 19.9 Å². The maximum atomic E-state index is 14.4. The van der Waals surface area contributed by atoms with Crippen LogP contribution >= 0.6 is 0 Å². The van der Waals surface area contributed by atoms with Crippen LogP contribution in [0.3, 0.4) is 0 Å². The first-order chi connectivity index (χ1) is 28.2. The van der Waals surface area contributed by atoms with Crippen molar-refractivity contribution in [2.24, 2.45) is 34.5 Å². The predicted octanol–water partition coefficient (Wildman–Crippen LogP) is 2.71. The van der Waals surface area contributed by atoms with Crippen molar-refractivity contribution in [3.63, 3.8) is 0 Å². The molecular formula is C44H64N4O11. The lowest BCUT2D eigenvalue weighted by Gasteiger charge is -2.59. The van der Waals surface area contributed by atoms with Crippen molar-refractivity contribution in [2.45, 2.75) is 129 Å². The second-order valence-corrected chi connectivity index (χ2v) is 17.8. The van der Waals surface area contributed by atoms with Gasteiger partial charge in [0.25, 0.3) is 0 Å². The minimum Gasteiger partial charge on any atom is -0.393 e. The number of rotatable bonds is 16. The van der Waals surface area contributed by atoms with Gasteiger partial charge in [-0.15, -0.1) is 0 Å². The number of allylic oxidation sites excluding steroid dienone is 5. The Labute approximate surface area is 347 Å². The van der Waals surface area contributed by atoms with Crippen molar-refractivity contribution in [1.82, 2.24) is 21.3 Å². The first-order valence-electron chi connectivity index (χ1n) is 21.6. The Kier molecular flexibility index (Phi) is 14.7. The number of fused-ring (bicyclic) bond motifs is 7. The third-order valence-electron chi connectivity index (χ3n) is 13.9. The quantitative estimate of drug-likeness (QED) is 0.0869. The molecule has 11 atom stereocenters. The first kappa shape index (κ1) is 44.8. The van der Waals surface area contributed by atoms with Crippen molar-refractivity contribution in [3.05, 3.63) is 36.0 Å². The van der Waals surface area contributed by atoms with Gasteiger partial charge in [0.05, 0.1) is 37.9 Å². The number of amides is 4. The summed E-state index contributed by atoms with van der Waals surface area (Å²) in [5.41, 5.74) is -1.49. The zero-order valence-electron chi connectivity index (χ0n) is 35.1. The predicted molar refractivity (Wildman–Crippen MR) is 215 cm³/mol. The molecule has 15 nitrogen and oxygen atoms in total. The van der Waals surface area contributed by atoms with Crippen LogP contribution in [-0.4, -0.2) is 110 Å². The largest absolute Gasteiger partial charge is 0.393 e. The number of carbonyl (C=O) groups is 6. The van der Waals surface area contributed by atoms with Crippen molar-refractivity contribution < 1.29 is 52.8 Å². The molecule has 1 saturated heterocycles. The fourth-order valence-electron chi connectivity index (χ4n) is 11.0. The Bertz CT molecular complexity index is 1700. The van der Waals surface area contributed by atoms with Gasteiger partial charge in [0, 0.05) is 16.7 Å². The summed E-state index contributed by atoms with van der Waals surface area (Å²) in [5.74, 6) is -2.07. The van der Waals surface area contributed by atoms with Gasteiger partial charge in [-0.05, 0) is 74.9 Å². The molecule has 3 unspecified atom stereocenters. The van der Waals surface area contributed by atoms with Crippen LogP contribution in [-0.2, 0) is 47.7 Å². The number of ether oxygens (including phenoxy) is 4. The molecule has 0 radical (unpaired) electrons. The van der Waals surface area contributed by atoms with Gasteiger partial charge in [-0.25, -0.2) is 0 Å². The minimum atomic E-state index is -1.35. The summed E-state index contributed by atoms with van der Waals surface area (Å²) in [5, 5.41) is 21.8. The summed E-state index contributed by atoms with van der Waals surface area (Å²) < 4.78 is 24.5. The fourth-order valence-corrected chi connectivity index (χ4v) is 11.0. The van der Waals surface area contributed by atoms with Crippen molar-refractivity contribution >= 4 is 35.2 Å². The fraction of sp³-hybridized carbons (Fsp3) is 0.727. The molecule has 59 heavy (non-hydrogen) atoms. The van der Waals surface area contributed by atoms with Crippen molar-refractivity contribution in [3.8, 4) is 0 Å². The smallest absolute Gasteiger partial charge is 0.246 e. The Morgan fingerprint density at radius 3 is 2.32 bits per heavy atom. The van der Waals surface area contributed by atoms with Crippen LogP contribution < -0.4 is 21.3 Å². The van der Waals surface area contributed by atoms with Gasteiger partial charge in [-0.1, -0.05) is 77.2 Å². The Hall–Kier alpha value is -3.76. The van der Waals surface area contributed by atoms with E-state index in [1.807, 2.05) is 26.0 Å². The van der Waals surface area contributed by atoms with E-state index in [-0.39, 0.29) is 61.9 Å². The maximum absolute atomic E-state index is 14.4. The van der Waals surface area contributed by atoms with Crippen LogP contribution in [0.5, 0.6) is 0 Å². The lowest BCUT2D eigenvalue weighted by Crippen LogP contribution is -2.63. The van der Waals surface area contributed by atoms with Gasteiger partial charge in [-0.2, -0.15) is 0 Å². The minimum absolute atomic E-state index is 0.0235. The van der Waals surface area contributed by atoms with Crippen LogP contribution in [0.1, 0.15) is 98.3 Å². The summed E-state index contributed by atoms with van der Waals surface area (Å²) >= 11 is 0. The highest BCUT2D eigenvalue weighted by Gasteiger charge is 2.75. The average molecular weight is 825 g/mol. The second kappa shape index (κ2) is 19.3. The third kappa shape index (κ3) is 9.75. The first-order valence-corrected chi connectivity index (χ1v) is 21.6. The highest BCUT2D eigenvalue weighted by molar-refractivity contribution is 6.01. The average Bonchev–Trinajstić information content (AvgIpc) is 3.72. The molecule has 4 fully saturated rings. The zero-order valence-corrected chi connectivity index (χ0v) is 35.1. The lowest BCUT2D eigenvalue weighted by molar-refractivity contribution is -0.201. The summed E-state index contributed by atoms with van der Waals surface area (Å²) in [6, 6.07) is 0. The molecule has 6 aliphatic rings. The highest BCUT2D eigenvalue weighted by Crippen LogP contribution is 2.69. The van der Waals surface area contributed by atoms with Gasteiger partial charge in [0.2, 0.25) is 23.6 Å². The van der Waals surface area contributed by atoms with Gasteiger partial charge in [-0.3, -0.25) is 28.8 Å².